The lowest BCUT2D eigenvalue weighted by atomic mass is 10.2. The molecule has 1 unspecified atom stereocenters. The lowest BCUT2D eigenvalue weighted by Gasteiger charge is -2.16. The molecule has 96 valence electrons. The molecule has 0 amide bonds. The lowest BCUT2D eigenvalue weighted by molar-refractivity contribution is 0.339. The molecule has 0 spiro atoms. The number of benzene rings is 1. The molecule has 2 rings (SSSR count). The maximum Gasteiger partial charge on any atom is 0.145 e. The van der Waals surface area contributed by atoms with Crippen LogP contribution < -0.4 is 10.1 Å². The molecule has 1 heterocycles. The van der Waals surface area contributed by atoms with Gasteiger partial charge in [0.25, 0.3) is 0 Å². The molecule has 0 fully saturated rings. The molecule has 3 nitrogen and oxygen atoms in total. The summed E-state index contributed by atoms with van der Waals surface area (Å²) in [7, 11) is 0. The van der Waals surface area contributed by atoms with E-state index < -0.39 is 0 Å². The number of ether oxygens (including phenoxy) is 1. The summed E-state index contributed by atoms with van der Waals surface area (Å²) in [6, 6.07) is 4.54. The fourth-order valence-corrected chi connectivity index (χ4v) is 2.28. The van der Waals surface area contributed by atoms with Crippen molar-refractivity contribution in [2.24, 2.45) is 0 Å². The van der Waals surface area contributed by atoms with E-state index in [1.807, 2.05) is 19.2 Å². The summed E-state index contributed by atoms with van der Waals surface area (Å²) >= 11 is 1.55. The predicted molar refractivity (Wildman–Crippen MR) is 71.7 cm³/mol. The molecule has 1 N–H and O–H groups in total. The number of nitrogens with zero attached hydrogens (tertiary/aromatic N) is 1. The highest BCUT2D eigenvalue weighted by Crippen LogP contribution is 2.29. The van der Waals surface area contributed by atoms with Crippen molar-refractivity contribution in [2.75, 3.05) is 11.9 Å². The van der Waals surface area contributed by atoms with Crippen LogP contribution in [-0.2, 0) is 0 Å². The van der Waals surface area contributed by atoms with E-state index >= 15 is 0 Å². The van der Waals surface area contributed by atoms with Crippen LogP contribution in [0.3, 0.4) is 0 Å². The maximum atomic E-state index is 13.2. The van der Waals surface area contributed by atoms with Crippen molar-refractivity contribution in [3.05, 3.63) is 40.6 Å². The molecule has 1 aromatic heterocycles. The molecule has 2 aromatic rings. The van der Waals surface area contributed by atoms with Crippen LogP contribution in [0.15, 0.2) is 29.1 Å². The fraction of sp³-hybridized carbons (Fsp3) is 0.308. The van der Waals surface area contributed by atoms with Crippen LogP contribution in [0.25, 0.3) is 0 Å². The molecule has 5 heteroatoms. The van der Waals surface area contributed by atoms with Gasteiger partial charge in [-0.25, -0.2) is 9.37 Å². The minimum atomic E-state index is -0.301. The van der Waals surface area contributed by atoms with Crippen molar-refractivity contribution in [3.63, 3.8) is 0 Å². The van der Waals surface area contributed by atoms with E-state index in [1.54, 1.807) is 22.9 Å². The first-order chi connectivity index (χ1) is 8.70. The Balaban J connectivity index is 2.17. The highest BCUT2D eigenvalue weighted by atomic mass is 32.1. The summed E-state index contributed by atoms with van der Waals surface area (Å²) in [5, 5.41) is 5.27. The Morgan fingerprint density at radius 3 is 3.00 bits per heavy atom. The third kappa shape index (κ3) is 2.98. The molecule has 0 aliphatic rings. The van der Waals surface area contributed by atoms with Crippen molar-refractivity contribution in [1.29, 1.82) is 0 Å². The van der Waals surface area contributed by atoms with Gasteiger partial charge in [0.05, 0.1) is 29.5 Å². The Morgan fingerprint density at radius 1 is 1.50 bits per heavy atom. The number of rotatable bonds is 5. The average Bonchev–Trinajstić information content (AvgIpc) is 2.86. The van der Waals surface area contributed by atoms with Crippen LogP contribution in [0.2, 0.25) is 0 Å². The lowest BCUT2D eigenvalue weighted by Crippen LogP contribution is -2.08. The molecule has 0 aliphatic heterocycles. The van der Waals surface area contributed by atoms with Crippen LogP contribution >= 0.6 is 11.3 Å². The smallest absolute Gasteiger partial charge is 0.145 e. The minimum absolute atomic E-state index is 0.0564. The van der Waals surface area contributed by atoms with Gasteiger partial charge in [0.2, 0.25) is 0 Å². The molecule has 1 aromatic carbocycles. The van der Waals surface area contributed by atoms with E-state index in [0.717, 1.165) is 11.4 Å². The number of nitrogens with one attached hydrogen (secondary N) is 1. The summed E-state index contributed by atoms with van der Waals surface area (Å²) in [6.07, 6.45) is 0. The molecule has 0 aliphatic carbocycles. The molecular formula is C13H15FN2OS. The van der Waals surface area contributed by atoms with E-state index in [0.29, 0.717) is 12.4 Å². The third-order valence-electron chi connectivity index (χ3n) is 2.51. The van der Waals surface area contributed by atoms with E-state index in [4.69, 9.17) is 4.74 Å². The molecule has 0 radical (unpaired) electrons. The van der Waals surface area contributed by atoms with Gasteiger partial charge in [-0.15, -0.1) is 11.3 Å². The maximum absolute atomic E-state index is 13.2. The topological polar surface area (TPSA) is 34.1 Å². The first-order valence-electron chi connectivity index (χ1n) is 5.77. The average molecular weight is 266 g/mol. The third-order valence-corrected chi connectivity index (χ3v) is 3.12. The minimum Gasteiger partial charge on any atom is -0.492 e. The van der Waals surface area contributed by atoms with Crippen LogP contribution in [0.4, 0.5) is 10.1 Å². The van der Waals surface area contributed by atoms with Crippen molar-refractivity contribution in [1.82, 2.24) is 4.98 Å². The van der Waals surface area contributed by atoms with E-state index in [1.165, 1.54) is 12.1 Å². The van der Waals surface area contributed by atoms with Crippen molar-refractivity contribution >= 4 is 17.0 Å². The van der Waals surface area contributed by atoms with Crippen molar-refractivity contribution in [3.8, 4) is 5.75 Å². The van der Waals surface area contributed by atoms with E-state index in [9.17, 15) is 4.39 Å². The van der Waals surface area contributed by atoms with Crippen LogP contribution in [0, 0.1) is 5.82 Å². The highest BCUT2D eigenvalue weighted by molar-refractivity contribution is 7.07. The van der Waals surface area contributed by atoms with Gasteiger partial charge in [-0.1, -0.05) is 0 Å². The van der Waals surface area contributed by atoms with Gasteiger partial charge in [0.15, 0.2) is 0 Å². The molecule has 0 bridgehead atoms. The number of halogens is 1. The summed E-state index contributed by atoms with van der Waals surface area (Å²) in [6.45, 7) is 4.38. The predicted octanol–water partition coefficient (Wildman–Crippen LogP) is 3.85. The molecule has 18 heavy (non-hydrogen) atoms. The van der Waals surface area contributed by atoms with Crippen LogP contribution in [0.5, 0.6) is 5.75 Å². The summed E-state index contributed by atoms with van der Waals surface area (Å²) in [5.41, 5.74) is 3.53. The molecular weight excluding hydrogens is 251 g/mol. The number of hydrogen-bond donors (Lipinski definition) is 1. The van der Waals surface area contributed by atoms with Crippen LogP contribution in [0.1, 0.15) is 25.6 Å². The van der Waals surface area contributed by atoms with Gasteiger partial charge >= 0.3 is 0 Å². The van der Waals surface area contributed by atoms with Gasteiger partial charge in [-0.2, -0.15) is 0 Å². The quantitative estimate of drug-likeness (QED) is 0.892. The van der Waals surface area contributed by atoms with Gasteiger partial charge < -0.3 is 10.1 Å². The first kappa shape index (κ1) is 12.8. The Labute approximate surface area is 110 Å². The summed E-state index contributed by atoms with van der Waals surface area (Å²) in [5.74, 6) is 0.227. The Hall–Kier alpha value is -1.62. The zero-order valence-corrected chi connectivity index (χ0v) is 11.1. The second-order valence-corrected chi connectivity index (χ2v) is 4.57. The number of hydrogen-bond acceptors (Lipinski definition) is 4. The normalized spacial score (nSPS) is 12.2. The Morgan fingerprint density at radius 2 is 2.33 bits per heavy atom. The van der Waals surface area contributed by atoms with Crippen LogP contribution in [-0.4, -0.2) is 11.6 Å². The van der Waals surface area contributed by atoms with E-state index in [-0.39, 0.29) is 11.9 Å². The highest BCUT2D eigenvalue weighted by Gasteiger charge is 2.11. The molecule has 1 atom stereocenters. The zero-order valence-electron chi connectivity index (χ0n) is 10.3. The largest absolute Gasteiger partial charge is 0.492 e. The fourth-order valence-electron chi connectivity index (χ4n) is 1.63. The summed E-state index contributed by atoms with van der Waals surface area (Å²) in [4.78, 5) is 4.25. The monoisotopic (exact) mass is 266 g/mol. The second kappa shape index (κ2) is 5.82. The first-order valence-corrected chi connectivity index (χ1v) is 6.72. The number of thiazole rings is 1. The SMILES string of the molecule is CCOc1cc(F)ccc1NC(C)c1cscn1. The number of anilines is 1. The van der Waals surface area contributed by atoms with E-state index in [2.05, 4.69) is 10.3 Å². The number of aromatic nitrogens is 1. The molecule has 0 saturated heterocycles. The van der Waals surface area contributed by atoms with Gasteiger partial charge in [0, 0.05) is 11.4 Å². The second-order valence-electron chi connectivity index (χ2n) is 3.85. The Kier molecular flexibility index (Phi) is 4.15. The molecule has 0 saturated carbocycles. The Bertz CT molecular complexity index is 502. The van der Waals surface area contributed by atoms with Gasteiger partial charge in [-0.3, -0.25) is 0 Å². The van der Waals surface area contributed by atoms with Gasteiger partial charge in [0.1, 0.15) is 11.6 Å². The zero-order chi connectivity index (χ0) is 13.0. The van der Waals surface area contributed by atoms with Crippen molar-refractivity contribution < 1.29 is 9.13 Å². The van der Waals surface area contributed by atoms with Gasteiger partial charge in [-0.05, 0) is 26.0 Å². The standard InChI is InChI=1S/C13H15FN2OS/c1-3-17-13-6-10(14)4-5-11(13)16-9(2)12-7-18-8-15-12/h4-9,16H,3H2,1-2H3. The van der Waals surface area contributed by atoms with Crippen molar-refractivity contribution in [2.45, 2.75) is 19.9 Å². The summed E-state index contributed by atoms with van der Waals surface area (Å²) < 4.78 is 18.6.